The van der Waals surface area contributed by atoms with Gasteiger partial charge in [0, 0.05) is 91.6 Å². The molecule has 0 unspecified atom stereocenters. The highest BCUT2D eigenvalue weighted by Gasteiger charge is 2.36. The molecule has 3 rings (SSSR count). The van der Waals surface area contributed by atoms with Crippen LogP contribution in [0.15, 0.2) is 18.2 Å². The lowest BCUT2D eigenvalue weighted by molar-refractivity contribution is 0.00113. The van der Waals surface area contributed by atoms with E-state index in [9.17, 15) is 38.7 Å². The van der Waals surface area contributed by atoms with Crippen LogP contribution < -0.4 is 16.5 Å². The summed E-state index contributed by atoms with van der Waals surface area (Å²) in [5.74, 6) is -2.67. The molecule has 24 nitrogen and oxygen atoms in total. The largest absolute Gasteiger partial charge is 0.506 e. The topological polar surface area (TPSA) is 268 Å². The first-order chi connectivity index (χ1) is 33.0. The fraction of sp³-hybridized carbons (Fsp3) is 0.723. The maximum atomic E-state index is 14.9. The molecule has 1 aromatic carbocycles. The van der Waals surface area contributed by atoms with Gasteiger partial charge < -0.3 is 64.2 Å². The standard InChI is InChI=1S/C47H80N10O14/c1-44(2,3)68-40(62)51-18-19-52(41(63)69-45(4,5)6)23-27-55(26-22-51)50-37(59)34-14-13-15-35(36(34)58)38(60)57(39(61)49-17-31-67-33-32-66-30-16-48)56-28-24-53(42(64)70-46(7,8)9)20-21-54(25-29-56)43(65)71-47(10,11)12/h13-15,58H,16-33,48H2,1-12H3,(H,49,61)(H,50,59). The minimum absolute atomic E-state index is 0.0288. The number of hydrogen-bond acceptors (Lipinski definition) is 17. The van der Waals surface area contributed by atoms with Crippen molar-refractivity contribution in [3.63, 3.8) is 0 Å². The van der Waals surface area contributed by atoms with E-state index in [4.69, 9.17) is 34.2 Å². The summed E-state index contributed by atoms with van der Waals surface area (Å²) in [7, 11) is 0. The molecule has 0 aliphatic carbocycles. The Bertz CT molecular complexity index is 1880. The van der Waals surface area contributed by atoms with E-state index >= 15 is 0 Å². The highest BCUT2D eigenvalue weighted by molar-refractivity contribution is 6.08. The second-order valence-electron chi connectivity index (χ2n) is 20.8. The van der Waals surface area contributed by atoms with Crippen molar-refractivity contribution in [1.82, 2.24) is 45.4 Å². The first-order valence-corrected chi connectivity index (χ1v) is 24.0. The molecule has 8 amide bonds. The van der Waals surface area contributed by atoms with Gasteiger partial charge in [0.15, 0.2) is 0 Å². The molecule has 5 N–H and O–H groups in total. The van der Waals surface area contributed by atoms with Gasteiger partial charge in [0.1, 0.15) is 28.2 Å². The molecule has 0 saturated carbocycles. The van der Waals surface area contributed by atoms with Crippen LogP contribution in [0.3, 0.4) is 0 Å². The van der Waals surface area contributed by atoms with E-state index in [2.05, 4.69) is 10.7 Å². The normalized spacial score (nSPS) is 16.2. The van der Waals surface area contributed by atoms with Gasteiger partial charge >= 0.3 is 30.4 Å². The molecule has 2 fully saturated rings. The lowest BCUT2D eigenvalue weighted by Gasteiger charge is -2.35. The number of phenols is 1. The third-order valence-electron chi connectivity index (χ3n) is 10.0. The Kier molecular flexibility index (Phi) is 22.4. The van der Waals surface area contributed by atoms with Crippen LogP contribution in [-0.2, 0) is 28.4 Å². The maximum absolute atomic E-state index is 14.9. The van der Waals surface area contributed by atoms with Crippen LogP contribution in [0.4, 0.5) is 24.0 Å². The second kappa shape index (κ2) is 26.7. The lowest BCUT2D eigenvalue weighted by Crippen LogP contribution is -2.57. The number of phenolic OH excluding ortho intramolecular Hbond substituents is 1. The Morgan fingerprint density at radius 2 is 0.915 bits per heavy atom. The van der Waals surface area contributed by atoms with Gasteiger partial charge in [0.25, 0.3) is 11.8 Å². The molecule has 2 aliphatic heterocycles. The van der Waals surface area contributed by atoms with Crippen molar-refractivity contribution >= 4 is 42.2 Å². The van der Waals surface area contributed by atoms with Crippen LogP contribution >= 0.6 is 0 Å². The summed E-state index contributed by atoms with van der Waals surface area (Å²) >= 11 is 0. The molecular formula is C47H80N10O14. The average molecular weight is 1010 g/mol. The van der Waals surface area contributed by atoms with Gasteiger partial charge in [-0.05, 0) is 95.2 Å². The molecule has 71 heavy (non-hydrogen) atoms. The molecular weight excluding hydrogens is 929 g/mol. The summed E-state index contributed by atoms with van der Waals surface area (Å²) in [4.78, 5) is 102. The van der Waals surface area contributed by atoms with Gasteiger partial charge in [-0.1, -0.05) is 6.07 Å². The van der Waals surface area contributed by atoms with E-state index in [0.29, 0.717) is 13.2 Å². The number of carbonyl (C=O) groups excluding carboxylic acids is 7. The first-order valence-electron chi connectivity index (χ1n) is 24.0. The van der Waals surface area contributed by atoms with E-state index in [1.165, 1.54) is 47.8 Å². The van der Waals surface area contributed by atoms with Crippen LogP contribution in [0.25, 0.3) is 0 Å². The number of nitrogens with zero attached hydrogens (tertiary/aromatic N) is 7. The van der Waals surface area contributed by atoms with Gasteiger partial charge in [-0.2, -0.15) is 5.01 Å². The highest BCUT2D eigenvalue weighted by atomic mass is 16.6. The number of hydrazine groups is 2. The zero-order valence-corrected chi connectivity index (χ0v) is 43.9. The minimum atomic E-state index is -1.05. The van der Waals surface area contributed by atoms with Crippen LogP contribution in [0, 0.1) is 0 Å². The number of benzene rings is 1. The van der Waals surface area contributed by atoms with Crippen LogP contribution in [0.2, 0.25) is 0 Å². The van der Waals surface area contributed by atoms with E-state index in [1.54, 1.807) is 83.1 Å². The molecule has 402 valence electrons. The fourth-order valence-corrected chi connectivity index (χ4v) is 6.73. The Morgan fingerprint density at radius 1 is 0.549 bits per heavy atom. The molecule has 2 aliphatic rings. The van der Waals surface area contributed by atoms with Crippen molar-refractivity contribution in [2.24, 2.45) is 5.73 Å². The number of nitrogens with one attached hydrogen (secondary N) is 2. The predicted octanol–water partition coefficient (Wildman–Crippen LogP) is 3.68. The van der Waals surface area contributed by atoms with Crippen molar-refractivity contribution in [2.45, 2.75) is 105 Å². The van der Waals surface area contributed by atoms with E-state index in [0.717, 1.165) is 5.01 Å². The summed E-state index contributed by atoms with van der Waals surface area (Å²) in [6.45, 7) is 21.9. The van der Waals surface area contributed by atoms with Crippen molar-refractivity contribution in [3.05, 3.63) is 29.3 Å². The molecule has 0 spiro atoms. The molecule has 0 radical (unpaired) electrons. The molecule has 0 aromatic heterocycles. The summed E-state index contributed by atoms with van der Waals surface area (Å²) in [6, 6.07) is 2.94. The lowest BCUT2D eigenvalue weighted by atomic mass is 10.1. The van der Waals surface area contributed by atoms with Gasteiger partial charge in [-0.15, -0.1) is 0 Å². The number of aromatic hydroxyl groups is 1. The highest BCUT2D eigenvalue weighted by Crippen LogP contribution is 2.26. The van der Waals surface area contributed by atoms with Crippen LogP contribution in [-0.4, -0.2) is 222 Å². The molecule has 0 atom stereocenters. The third kappa shape index (κ3) is 21.3. The van der Waals surface area contributed by atoms with Crippen molar-refractivity contribution in [3.8, 4) is 5.75 Å². The fourth-order valence-electron chi connectivity index (χ4n) is 6.73. The molecule has 1 aromatic rings. The average Bonchev–Trinajstić information content (AvgIpc) is 3.41. The number of carbonyl (C=O) groups is 7. The van der Waals surface area contributed by atoms with E-state index in [-0.39, 0.29) is 110 Å². The van der Waals surface area contributed by atoms with Gasteiger partial charge in [-0.3, -0.25) is 15.0 Å². The SMILES string of the molecule is CC(C)(C)OC(=O)N1CCN(NC(=O)c2cccc(C(=O)N(C(=O)NCCOCCOCCN)N3CCN(C(=O)OC(C)(C)C)CCN(C(=O)OC(C)(C)C)CC3)c2O)CCN(C(=O)OC(C)(C)C)CC1. The van der Waals surface area contributed by atoms with Gasteiger partial charge in [-0.25, -0.2) is 34.0 Å². The smallest absolute Gasteiger partial charge is 0.410 e. The molecule has 24 heteroatoms. The summed E-state index contributed by atoms with van der Waals surface area (Å²) < 4.78 is 33.5. The number of imide groups is 1. The first kappa shape index (κ1) is 59.6. The van der Waals surface area contributed by atoms with Crippen molar-refractivity contribution < 1.29 is 67.1 Å². The minimum Gasteiger partial charge on any atom is -0.506 e. The summed E-state index contributed by atoms with van der Waals surface area (Å²) in [5, 5.41) is 18.0. The summed E-state index contributed by atoms with van der Waals surface area (Å²) in [6.07, 6.45) is -2.64. The third-order valence-corrected chi connectivity index (χ3v) is 10.0. The molecule has 2 saturated heterocycles. The Morgan fingerprint density at radius 3 is 1.31 bits per heavy atom. The summed E-state index contributed by atoms with van der Waals surface area (Å²) in [5.41, 5.74) is 4.06. The van der Waals surface area contributed by atoms with Gasteiger partial charge in [0.05, 0.1) is 37.6 Å². The maximum Gasteiger partial charge on any atom is 0.410 e. The number of rotatable bonds is 12. The Balaban J connectivity index is 2.02. The van der Waals surface area contributed by atoms with Crippen molar-refractivity contribution in [1.29, 1.82) is 0 Å². The Labute approximate surface area is 418 Å². The number of nitrogens with two attached hydrogens (primary N) is 1. The second-order valence-corrected chi connectivity index (χ2v) is 20.8. The van der Waals surface area contributed by atoms with Crippen LogP contribution in [0.5, 0.6) is 5.75 Å². The van der Waals surface area contributed by atoms with E-state index < -0.39 is 75.9 Å². The monoisotopic (exact) mass is 1010 g/mol. The van der Waals surface area contributed by atoms with Crippen molar-refractivity contribution in [2.75, 3.05) is 118 Å². The van der Waals surface area contributed by atoms with Crippen LogP contribution in [0.1, 0.15) is 104 Å². The zero-order chi connectivity index (χ0) is 53.3. The quantitative estimate of drug-likeness (QED) is 0.172. The predicted molar refractivity (Wildman–Crippen MR) is 260 cm³/mol. The number of para-hydroxylation sites is 1. The number of urea groups is 1. The molecule has 0 bridgehead atoms. The molecule has 2 heterocycles. The number of amides is 8. The Hall–Kier alpha value is -5.69. The zero-order valence-electron chi connectivity index (χ0n) is 43.9. The number of ether oxygens (including phenoxy) is 6. The number of hydrogen-bond donors (Lipinski definition) is 4. The van der Waals surface area contributed by atoms with Gasteiger partial charge in [0.2, 0.25) is 0 Å². The van der Waals surface area contributed by atoms with E-state index in [1.807, 2.05) is 0 Å².